The van der Waals surface area contributed by atoms with Crippen molar-refractivity contribution in [2.24, 2.45) is 17.8 Å². The standard InChI is InChI=1S/C21H30O2/c1-13-9-17(10-14(2)19(13)22)21(7-5-6-8-21)18-11-15(3)20(23)16(4)12-18/h9-10,15-16,18,22H,5-8,11-12H2,1-4H3. The van der Waals surface area contributed by atoms with E-state index in [4.69, 9.17) is 0 Å². The van der Waals surface area contributed by atoms with E-state index in [0.717, 1.165) is 24.0 Å². The fraction of sp³-hybridized carbons (Fsp3) is 0.667. The molecule has 2 aliphatic carbocycles. The number of carbonyl (C=O) groups excluding carboxylic acids is 1. The topological polar surface area (TPSA) is 37.3 Å². The van der Waals surface area contributed by atoms with Crippen LogP contribution in [0.1, 0.15) is 69.1 Å². The maximum absolute atomic E-state index is 12.2. The first-order valence-electron chi connectivity index (χ1n) is 9.19. The number of phenols is 1. The first-order valence-corrected chi connectivity index (χ1v) is 9.19. The van der Waals surface area contributed by atoms with Gasteiger partial charge in [0.25, 0.3) is 0 Å². The Bertz CT molecular complexity index is 573. The van der Waals surface area contributed by atoms with Crippen molar-refractivity contribution in [3.05, 3.63) is 28.8 Å². The molecular weight excluding hydrogens is 284 g/mol. The van der Waals surface area contributed by atoms with Crippen LogP contribution in [0.2, 0.25) is 0 Å². The highest BCUT2D eigenvalue weighted by atomic mass is 16.3. The van der Waals surface area contributed by atoms with E-state index < -0.39 is 0 Å². The summed E-state index contributed by atoms with van der Waals surface area (Å²) in [6.07, 6.45) is 7.09. The molecule has 2 fully saturated rings. The Labute approximate surface area is 140 Å². The van der Waals surface area contributed by atoms with Crippen LogP contribution in [-0.4, -0.2) is 10.9 Å². The van der Waals surface area contributed by atoms with Crippen LogP contribution in [0.4, 0.5) is 0 Å². The third kappa shape index (κ3) is 2.70. The highest BCUT2D eigenvalue weighted by molar-refractivity contribution is 5.83. The van der Waals surface area contributed by atoms with Crippen LogP contribution in [-0.2, 0) is 10.2 Å². The van der Waals surface area contributed by atoms with Crippen molar-refractivity contribution in [2.45, 2.75) is 71.6 Å². The predicted molar refractivity (Wildman–Crippen MR) is 93.8 cm³/mol. The van der Waals surface area contributed by atoms with Crippen molar-refractivity contribution < 1.29 is 9.90 Å². The lowest BCUT2D eigenvalue weighted by molar-refractivity contribution is -0.130. The van der Waals surface area contributed by atoms with Crippen molar-refractivity contribution in [3.8, 4) is 5.75 Å². The minimum absolute atomic E-state index is 0.195. The van der Waals surface area contributed by atoms with Gasteiger partial charge in [-0.1, -0.05) is 38.8 Å². The molecular formula is C21H30O2. The van der Waals surface area contributed by atoms with Crippen molar-refractivity contribution in [3.63, 3.8) is 0 Å². The lowest BCUT2D eigenvalue weighted by Crippen LogP contribution is -2.41. The Balaban J connectivity index is 2.02. The van der Waals surface area contributed by atoms with Gasteiger partial charge in [-0.05, 0) is 67.6 Å². The summed E-state index contributed by atoms with van der Waals surface area (Å²) >= 11 is 0. The molecule has 2 heteroatoms. The van der Waals surface area contributed by atoms with E-state index in [1.165, 1.54) is 31.2 Å². The van der Waals surface area contributed by atoms with Crippen molar-refractivity contribution >= 4 is 5.78 Å². The SMILES string of the molecule is Cc1cc(C2(C3CC(C)C(=O)C(C)C3)CCCC2)cc(C)c1O. The molecule has 2 aliphatic rings. The number of Topliss-reactive ketones (excluding diaryl/α,β-unsaturated/α-hetero) is 1. The van der Waals surface area contributed by atoms with Crippen LogP contribution < -0.4 is 0 Å². The molecule has 1 N–H and O–H groups in total. The lowest BCUT2D eigenvalue weighted by Gasteiger charge is -2.44. The van der Waals surface area contributed by atoms with Gasteiger partial charge in [0.15, 0.2) is 0 Å². The summed E-state index contributed by atoms with van der Waals surface area (Å²) < 4.78 is 0. The smallest absolute Gasteiger partial charge is 0.138 e. The van der Waals surface area contributed by atoms with E-state index in [9.17, 15) is 9.90 Å². The second-order valence-electron chi connectivity index (χ2n) is 8.19. The van der Waals surface area contributed by atoms with Crippen LogP contribution in [0.5, 0.6) is 5.75 Å². The van der Waals surface area contributed by atoms with E-state index in [0.29, 0.717) is 17.5 Å². The molecule has 0 radical (unpaired) electrons. The fourth-order valence-corrected chi connectivity index (χ4v) is 5.30. The van der Waals surface area contributed by atoms with Gasteiger partial charge in [0.1, 0.15) is 11.5 Å². The molecule has 2 saturated carbocycles. The lowest BCUT2D eigenvalue weighted by atomic mass is 9.60. The summed E-state index contributed by atoms with van der Waals surface area (Å²) in [4.78, 5) is 12.2. The zero-order valence-electron chi connectivity index (χ0n) is 15.0. The van der Waals surface area contributed by atoms with Gasteiger partial charge in [-0.3, -0.25) is 4.79 Å². The maximum Gasteiger partial charge on any atom is 0.138 e. The Kier molecular flexibility index (Phi) is 4.29. The average molecular weight is 314 g/mol. The molecule has 23 heavy (non-hydrogen) atoms. The number of hydrogen-bond acceptors (Lipinski definition) is 2. The Hall–Kier alpha value is -1.31. The van der Waals surface area contributed by atoms with Gasteiger partial charge < -0.3 is 5.11 Å². The van der Waals surface area contributed by atoms with Crippen LogP contribution in [0.25, 0.3) is 0 Å². The second-order valence-corrected chi connectivity index (χ2v) is 8.19. The van der Waals surface area contributed by atoms with Gasteiger partial charge in [-0.2, -0.15) is 0 Å². The summed E-state index contributed by atoms with van der Waals surface area (Å²) in [6, 6.07) is 4.42. The van der Waals surface area contributed by atoms with Crippen molar-refractivity contribution in [1.82, 2.24) is 0 Å². The molecule has 0 amide bonds. The van der Waals surface area contributed by atoms with Crippen LogP contribution >= 0.6 is 0 Å². The van der Waals surface area contributed by atoms with Gasteiger partial charge in [-0.15, -0.1) is 0 Å². The van der Waals surface area contributed by atoms with Gasteiger partial charge in [0.05, 0.1) is 0 Å². The normalized spacial score (nSPS) is 30.6. The van der Waals surface area contributed by atoms with E-state index in [1.807, 2.05) is 13.8 Å². The van der Waals surface area contributed by atoms with E-state index in [-0.39, 0.29) is 17.3 Å². The molecule has 0 spiro atoms. The van der Waals surface area contributed by atoms with Crippen molar-refractivity contribution in [1.29, 1.82) is 0 Å². The second kappa shape index (κ2) is 5.96. The number of benzene rings is 1. The summed E-state index contributed by atoms with van der Waals surface area (Å²) in [6.45, 7) is 8.23. The van der Waals surface area contributed by atoms with E-state index in [2.05, 4.69) is 26.0 Å². The maximum atomic E-state index is 12.2. The van der Waals surface area contributed by atoms with E-state index in [1.54, 1.807) is 0 Å². The summed E-state index contributed by atoms with van der Waals surface area (Å²) in [5.74, 6) is 1.87. The number of rotatable bonds is 2. The molecule has 2 nitrogen and oxygen atoms in total. The summed E-state index contributed by atoms with van der Waals surface area (Å²) in [7, 11) is 0. The Morgan fingerprint density at radius 2 is 1.48 bits per heavy atom. The summed E-state index contributed by atoms with van der Waals surface area (Å²) in [5.41, 5.74) is 3.59. The minimum atomic E-state index is 0.195. The van der Waals surface area contributed by atoms with E-state index >= 15 is 0 Å². The Morgan fingerprint density at radius 3 is 1.96 bits per heavy atom. The molecule has 1 aromatic carbocycles. The minimum Gasteiger partial charge on any atom is -0.507 e. The Morgan fingerprint density at radius 1 is 1.00 bits per heavy atom. The number of phenolic OH excluding ortho intramolecular Hbond substituents is 1. The van der Waals surface area contributed by atoms with Crippen LogP contribution in [0.15, 0.2) is 12.1 Å². The van der Waals surface area contributed by atoms with Crippen LogP contribution in [0.3, 0.4) is 0 Å². The molecule has 3 rings (SSSR count). The number of aromatic hydroxyl groups is 1. The third-order valence-corrected chi connectivity index (χ3v) is 6.59. The van der Waals surface area contributed by atoms with Gasteiger partial charge >= 0.3 is 0 Å². The summed E-state index contributed by atoms with van der Waals surface area (Å²) in [5, 5.41) is 10.1. The molecule has 1 aromatic rings. The first-order chi connectivity index (χ1) is 10.8. The molecule has 0 saturated heterocycles. The van der Waals surface area contributed by atoms with Crippen molar-refractivity contribution in [2.75, 3.05) is 0 Å². The molecule has 126 valence electrons. The number of aryl methyl sites for hydroxylation is 2. The van der Waals surface area contributed by atoms with Gasteiger partial charge in [-0.25, -0.2) is 0 Å². The largest absolute Gasteiger partial charge is 0.507 e. The molecule has 0 aliphatic heterocycles. The number of carbonyl (C=O) groups is 1. The predicted octanol–water partition coefficient (Wildman–Crippen LogP) is 5.07. The molecule has 2 unspecified atom stereocenters. The highest BCUT2D eigenvalue weighted by Crippen LogP contribution is 2.53. The zero-order valence-corrected chi connectivity index (χ0v) is 15.0. The highest BCUT2D eigenvalue weighted by Gasteiger charge is 2.46. The molecule has 0 bridgehead atoms. The molecule has 2 atom stereocenters. The molecule has 0 aromatic heterocycles. The van der Waals surface area contributed by atoms with Gasteiger partial charge in [0.2, 0.25) is 0 Å². The number of ketones is 1. The quantitative estimate of drug-likeness (QED) is 0.827. The van der Waals surface area contributed by atoms with Crippen LogP contribution in [0, 0.1) is 31.6 Å². The third-order valence-electron chi connectivity index (χ3n) is 6.59. The molecule has 0 heterocycles. The number of hydrogen-bond donors (Lipinski definition) is 1. The average Bonchev–Trinajstić information content (AvgIpc) is 3.00. The zero-order chi connectivity index (χ0) is 16.8. The fourth-order valence-electron chi connectivity index (χ4n) is 5.30. The monoisotopic (exact) mass is 314 g/mol. The van der Waals surface area contributed by atoms with Gasteiger partial charge in [0, 0.05) is 11.8 Å². The first kappa shape index (κ1) is 16.5.